The highest BCUT2D eigenvalue weighted by Crippen LogP contribution is 2.62. The van der Waals surface area contributed by atoms with Gasteiger partial charge in [-0.2, -0.15) is 10.5 Å². The molecule has 0 N–H and O–H groups in total. The summed E-state index contributed by atoms with van der Waals surface area (Å²) in [6.45, 7) is 1.52. The van der Waals surface area contributed by atoms with Crippen molar-refractivity contribution in [2.75, 3.05) is 5.75 Å². The summed E-state index contributed by atoms with van der Waals surface area (Å²) in [5.74, 6) is -0.669. The summed E-state index contributed by atoms with van der Waals surface area (Å²) >= 11 is 5.78. The van der Waals surface area contributed by atoms with Crippen molar-refractivity contribution in [1.29, 1.82) is 10.5 Å². The van der Waals surface area contributed by atoms with Crippen LogP contribution < -0.4 is 0 Å². The van der Waals surface area contributed by atoms with Gasteiger partial charge in [0, 0.05) is 16.7 Å². The van der Waals surface area contributed by atoms with Gasteiger partial charge in [0.15, 0.2) is 15.3 Å². The largest absolute Gasteiger partial charge is 0.228 e. The standard InChI is InChI=1S/C13H11ClN2O2S/c1-2-19(17,18)12-11(13(12,7-15)8-16)9-3-5-10(14)6-4-9/h3-6,11-12H,2H2,1H3. The maximum atomic E-state index is 12.0. The van der Waals surface area contributed by atoms with Crippen molar-refractivity contribution in [3.8, 4) is 12.1 Å². The first-order valence-corrected chi connectivity index (χ1v) is 7.82. The van der Waals surface area contributed by atoms with Crippen LogP contribution in [0.2, 0.25) is 5.02 Å². The van der Waals surface area contributed by atoms with Gasteiger partial charge in [-0.1, -0.05) is 30.7 Å². The predicted octanol–water partition coefficient (Wildman–Crippen LogP) is 2.27. The van der Waals surface area contributed by atoms with E-state index in [9.17, 15) is 18.9 Å². The third kappa shape index (κ3) is 2.00. The van der Waals surface area contributed by atoms with Crippen LogP contribution in [0.5, 0.6) is 0 Å². The number of benzene rings is 1. The molecular weight excluding hydrogens is 284 g/mol. The molecule has 0 bridgehead atoms. The average molecular weight is 295 g/mol. The summed E-state index contributed by atoms with van der Waals surface area (Å²) in [6.07, 6.45) is 0. The van der Waals surface area contributed by atoms with Crippen LogP contribution in [-0.2, 0) is 9.84 Å². The lowest BCUT2D eigenvalue weighted by atomic mass is 10.0. The van der Waals surface area contributed by atoms with Crippen LogP contribution >= 0.6 is 11.6 Å². The second-order valence-electron chi connectivity index (χ2n) is 4.49. The summed E-state index contributed by atoms with van der Waals surface area (Å²) in [4.78, 5) is 0. The molecule has 6 heteroatoms. The van der Waals surface area contributed by atoms with E-state index in [4.69, 9.17) is 11.6 Å². The molecule has 1 aromatic rings. The molecule has 0 heterocycles. The zero-order chi connectivity index (χ0) is 14.3. The fraction of sp³-hybridized carbons (Fsp3) is 0.385. The van der Waals surface area contributed by atoms with Gasteiger partial charge in [0.1, 0.15) is 5.25 Å². The molecule has 2 rings (SSSR count). The second kappa shape index (κ2) is 4.52. The zero-order valence-electron chi connectivity index (χ0n) is 10.2. The molecule has 0 saturated heterocycles. The smallest absolute Gasteiger partial charge is 0.169 e. The first-order valence-electron chi connectivity index (χ1n) is 5.72. The van der Waals surface area contributed by atoms with Crippen molar-refractivity contribution in [3.05, 3.63) is 34.9 Å². The molecule has 1 aliphatic carbocycles. The van der Waals surface area contributed by atoms with Crippen LogP contribution in [0.3, 0.4) is 0 Å². The van der Waals surface area contributed by atoms with E-state index in [1.54, 1.807) is 24.3 Å². The van der Waals surface area contributed by atoms with Crippen molar-refractivity contribution in [2.45, 2.75) is 18.1 Å². The van der Waals surface area contributed by atoms with Crippen LogP contribution in [0.1, 0.15) is 18.4 Å². The minimum absolute atomic E-state index is 0.0765. The summed E-state index contributed by atoms with van der Waals surface area (Å²) in [5, 5.41) is 18.0. The number of nitriles is 2. The minimum atomic E-state index is -3.44. The van der Waals surface area contributed by atoms with Gasteiger partial charge in [-0.15, -0.1) is 0 Å². The fourth-order valence-corrected chi connectivity index (χ4v) is 4.44. The zero-order valence-corrected chi connectivity index (χ0v) is 11.7. The van der Waals surface area contributed by atoms with E-state index in [0.29, 0.717) is 10.6 Å². The molecule has 0 aromatic heterocycles. The Morgan fingerprint density at radius 3 is 2.21 bits per heavy atom. The SMILES string of the molecule is CCS(=O)(=O)C1C(c2ccc(Cl)cc2)C1(C#N)C#N. The third-order valence-corrected chi connectivity index (χ3v) is 6.00. The van der Waals surface area contributed by atoms with Gasteiger partial charge >= 0.3 is 0 Å². The van der Waals surface area contributed by atoms with E-state index >= 15 is 0 Å². The van der Waals surface area contributed by atoms with Crippen LogP contribution in [0.4, 0.5) is 0 Å². The van der Waals surface area contributed by atoms with Gasteiger partial charge < -0.3 is 0 Å². The Morgan fingerprint density at radius 1 is 1.26 bits per heavy atom. The lowest BCUT2D eigenvalue weighted by Crippen LogP contribution is -2.15. The number of hydrogen-bond donors (Lipinski definition) is 0. The minimum Gasteiger partial charge on any atom is -0.228 e. The van der Waals surface area contributed by atoms with Gasteiger partial charge in [-0.3, -0.25) is 0 Å². The van der Waals surface area contributed by atoms with Crippen molar-refractivity contribution in [2.24, 2.45) is 5.41 Å². The summed E-state index contributed by atoms with van der Waals surface area (Å²) in [5.41, 5.74) is -0.808. The average Bonchev–Trinajstić information content (AvgIpc) is 3.10. The predicted molar refractivity (Wildman–Crippen MR) is 71.1 cm³/mol. The fourth-order valence-electron chi connectivity index (χ4n) is 2.43. The highest BCUT2D eigenvalue weighted by atomic mass is 35.5. The van der Waals surface area contributed by atoms with E-state index in [1.165, 1.54) is 6.92 Å². The number of sulfone groups is 1. The normalized spacial score (nSPS) is 24.2. The second-order valence-corrected chi connectivity index (χ2v) is 7.34. The first-order chi connectivity index (χ1) is 8.93. The Morgan fingerprint density at radius 2 is 1.79 bits per heavy atom. The van der Waals surface area contributed by atoms with Crippen molar-refractivity contribution >= 4 is 21.4 Å². The van der Waals surface area contributed by atoms with Crippen LogP contribution in [0.25, 0.3) is 0 Å². The van der Waals surface area contributed by atoms with Gasteiger partial charge in [-0.05, 0) is 17.7 Å². The molecule has 1 aromatic carbocycles. The van der Waals surface area contributed by atoms with E-state index in [-0.39, 0.29) is 5.75 Å². The van der Waals surface area contributed by atoms with Crippen molar-refractivity contribution < 1.29 is 8.42 Å². The summed E-state index contributed by atoms with van der Waals surface area (Å²) < 4.78 is 24.0. The third-order valence-electron chi connectivity index (χ3n) is 3.52. The van der Waals surface area contributed by atoms with Gasteiger partial charge in [0.25, 0.3) is 0 Å². The Hall–Kier alpha value is -1.56. The molecule has 2 unspecified atom stereocenters. The quantitative estimate of drug-likeness (QED) is 0.856. The number of hydrogen-bond acceptors (Lipinski definition) is 4. The highest BCUT2D eigenvalue weighted by molar-refractivity contribution is 7.92. The molecule has 2 atom stereocenters. The Bertz CT molecular complexity index is 669. The maximum absolute atomic E-state index is 12.0. The first kappa shape index (κ1) is 13.9. The Labute approximate surface area is 117 Å². The molecule has 98 valence electrons. The monoisotopic (exact) mass is 294 g/mol. The van der Waals surface area contributed by atoms with E-state index in [2.05, 4.69) is 0 Å². The number of halogens is 1. The molecule has 1 aliphatic rings. The Kier molecular flexibility index (Phi) is 3.30. The summed E-state index contributed by atoms with van der Waals surface area (Å²) in [7, 11) is -3.44. The molecule has 0 radical (unpaired) electrons. The molecule has 0 spiro atoms. The summed E-state index contributed by atoms with van der Waals surface area (Å²) in [6, 6.07) is 10.4. The van der Waals surface area contributed by atoms with E-state index in [0.717, 1.165) is 0 Å². The lowest BCUT2D eigenvalue weighted by Gasteiger charge is -2.00. The molecule has 0 aliphatic heterocycles. The van der Waals surface area contributed by atoms with E-state index in [1.807, 2.05) is 12.1 Å². The lowest BCUT2D eigenvalue weighted by molar-refractivity contribution is 0.592. The van der Waals surface area contributed by atoms with Crippen molar-refractivity contribution in [1.82, 2.24) is 0 Å². The molecule has 4 nitrogen and oxygen atoms in total. The van der Waals surface area contributed by atoms with Crippen molar-refractivity contribution in [3.63, 3.8) is 0 Å². The number of nitrogens with zero attached hydrogens (tertiary/aromatic N) is 2. The molecule has 19 heavy (non-hydrogen) atoms. The van der Waals surface area contributed by atoms with Gasteiger partial charge in [0.05, 0.1) is 12.1 Å². The molecule has 1 fully saturated rings. The molecule has 1 saturated carbocycles. The van der Waals surface area contributed by atoms with E-state index < -0.39 is 26.4 Å². The van der Waals surface area contributed by atoms with Gasteiger partial charge in [-0.25, -0.2) is 8.42 Å². The Balaban J connectivity index is 2.50. The van der Waals surface area contributed by atoms with Gasteiger partial charge in [0.2, 0.25) is 0 Å². The molecule has 0 amide bonds. The maximum Gasteiger partial charge on any atom is 0.169 e. The topological polar surface area (TPSA) is 81.7 Å². The highest BCUT2D eigenvalue weighted by Gasteiger charge is 2.72. The van der Waals surface area contributed by atoms with Crippen LogP contribution in [0, 0.1) is 28.1 Å². The molecular formula is C13H11ClN2O2S. The number of rotatable bonds is 3. The van der Waals surface area contributed by atoms with Crippen LogP contribution in [-0.4, -0.2) is 19.4 Å². The van der Waals surface area contributed by atoms with Crippen LogP contribution in [0.15, 0.2) is 24.3 Å².